The highest BCUT2D eigenvalue weighted by atomic mass is 79.9. The first-order chi connectivity index (χ1) is 13.0. The lowest BCUT2D eigenvalue weighted by molar-refractivity contribution is -0.119. The van der Waals surface area contributed by atoms with Crippen LogP contribution in [-0.4, -0.2) is 22.1 Å². The summed E-state index contributed by atoms with van der Waals surface area (Å²) in [5.41, 5.74) is 0.586. The lowest BCUT2D eigenvalue weighted by Gasteiger charge is -2.18. The normalized spacial score (nSPS) is 10.6. The Morgan fingerprint density at radius 3 is 2.48 bits per heavy atom. The second-order valence-corrected chi connectivity index (χ2v) is 6.98. The highest BCUT2D eigenvalue weighted by molar-refractivity contribution is 9.10. The molecule has 7 heteroatoms. The highest BCUT2D eigenvalue weighted by Crippen LogP contribution is 2.12. The summed E-state index contributed by atoms with van der Waals surface area (Å²) in [6.45, 7) is -0.0103. The van der Waals surface area contributed by atoms with E-state index in [4.69, 9.17) is 0 Å². The van der Waals surface area contributed by atoms with E-state index in [9.17, 15) is 14.4 Å². The Kier molecular flexibility index (Phi) is 5.71. The molecule has 1 aromatic heterocycles. The number of aromatic nitrogens is 2. The molecule has 0 bridgehead atoms. The third kappa shape index (κ3) is 4.43. The molecule has 1 amide bonds. The quantitative estimate of drug-likeness (QED) is 0.628. The number of amides is 1. The number of benzene rings is 2. The minimum absolute atomic E-state index is 0.307. The van der Waals surface area contributed by atoms with Crippen molar-refractivity contribution in [2.24, 2.45) is 0 Å². The summed E-state index contributed by atoms with van der Waals surface area (Å²) >= 11 is 3.40. The molecule has 138 valence electrons. The van der Waals surface area contributed by atoms with Gasteiger partial charge in [0.15, 0.2) is 0 Å². The fourth-order valence-electron chi connectivity index (χ4n) is 2.69. The monoisotopic (exact) mass is 427 g/mol. The van der Waals surface area contributed by atoms with Gasteiger partial charge in [-0.1, -0.05) is 46.3 Å². The van der Waals surface area contributed by atoms with E-state index in [-0.39, 0.29) is 12.5 Å². The Balaban J connectivity index is 1.86. The van der Waals surface area contributed by atoms with E-state index < -0.39 is 11.2 Å². The van der Waals surface area contributed by atoms with E-state index in [1.807, 2.05) is 42.5 Å². The van der Waals surface area contributed by atoms with E-state index in [1.54, 1.807) is 19.2 Å². The minimum Gasteiger partial charge on any atom is -0.314 e. The van der Waals surface area contributed by atoms with Crippen LogP contribution in [0.3, 0.4) is 0 Å². The Morgan fingerprint density at radius 2 is 1.78 bits per heavy atom. The Hall–Kier alpha value is -2.93. The van der Waals surface area contributed by atoms with Gasteiger partial charge in [0, 0.05) is 29.5 Å². The van der Waals surface area contributed by atoms with Crippen LogP contribution in [0.4, 0.5) is 5.69 Å². The molecule has 0 atom stereocenters. The molecule has 3 rings (SSSR count). The molecule has 0 spiro atoms. The van der Waals surface area contributed by atoms with Crippen molar-refractivity contribution in [3.8, 4) is 0 Å². The predicted octanol–water partition coefficient (Wildman–Crippen LogP) is 2.48. The van der Waals surface area contributed by atoms with Gasteiger partial charge in [-0.15, -0.1) is 0 Å². The molecule has 0 radical (unpaired) electrons. The summed E-state index contributed by atoms with van der Waals surface area (Å²) in [6, 6.07) is 17.9. The molecule has 0 aliphatic heterocycles. The first-order valence-electron chi connectivity index (χ1n) is 8.32. The summed E-state index contributed by atoms with van der Waals surface area (Å²) in [5.74, 6) is -0.347. The molecule has 2 aromatic carbocycles. The summed E-state index contributed by atoms with van der Waals surface area (Å²) in [7, 11) is 1.62. The van der Waals surface area contributed by atoms with Crippen molar-refractivity contribution in [1.29, 1.82) is 0 Å². The number of carbonyl (C=O) groups is 1. The summed E-state index contributed by atoms with van der Waals surface area (Å²) < 4.78 is 3.28. The van der Waals surface area contributed by atoms with Gasteiger partial charge in [0.1, 0.15) is 6.54 Å². The second-order valence-electron chi connectivity index (χ2n) is 6.07. The Labute approximate surface area is 164 Å². The number of likely N-dealkylation sites (N-methyl/N-ethyl adjacent to an activating group) is 1. The zero-order valence-electron chi connectivity index (χ0n) is 14.7. The van der Waals surface area contributed by atoms with Gasteiger partial charge in [0.2, 0.25) is 5.91 Å². The van der Waals surface area contributed by atoms with Crippen molar-refractivity contribution in [3.63, 3.8) is 0 Å². The smallest absolute Gasteiger partial charge is 0.314 e. The van der Waals surface area contributed by atoms with E-state index in [2.05, 4.69) is 15.9 Å². The highest BCUT2D eigenvalue weighted by Gasteiger charge is 2.15. The first kappa shape index (κ1) is 18.8. The number of rotatable bonds is 5. The Bertz CT molecular complexity index is 1070. The molecule has 0 aliphatic carbocycles. The topological polar surface area (TPSA) is 64.3 Å². The van der Waals surface area contributed by atoms with Crippen LogP contribution in [0.5, 0.6) is 0 Å². The molecule has 27 heavy (non-hydrogen) atoms. The third-order valence-corrected chi connectivity index (χ3v) is 4.69. The maximum absolute atomic E-state index is 12.7. The van der Waals surface area contributed by atoms with E-state index in [0.29, 0.717) is 12.2 Å². The molecular formula is C20H18BrN3O3. The standard InChI is InChI=1S/C20H18BrN3O3/c1-22(17-8-3-2-4-9-17)19(26)14-24-18(25)10-11-23(20(24)27)13-15-6-5-7-16(21)12-15/h2-12H,13-14H2,1H3. The van der Waals surface area contributed by atoms with Crippen LogP contribution >= 0.6 is 15.9 Å². The number of halogens is 1. The van der Waals surface area contributed by atoms with Crippen molar-refractivity contribution < 1.29 is 4.79 Å². The van der Waals surface area contributed by atoms with Gasteiger partial charge in [-0.2, -0.15) is 0 Å². The van der Waals surface area contributed by atoms with Gasteiger partial charge < -0.3 is 4.90 Å². The van der Waals surface area contributed by atoms with Crippen LogP contribution in [0.2, 0.25) is 0 Å². The molecule has 0 aliphatic rings. The molecule has 0 saturated carbocycles. The summed E-state index contributed by atoms with van der Waals surface area (Å²) in [4.78, 5) is 38.9. The van der Waals surface area contributed by atoms with Crippen LogP contribution in [0.1, 0.15) is 5.56 Å². The third-order valence-electron chi connectivity index (χ3n) is 4.19. The molecule has 0 unspecified atom stereocenters. The van der Waals surface area contributed by atoms with E-state index in [0.717, 1.165) is 14.6 Å². The summed E-state index contributed by atoms with van der Waals surface area (Å²) in [6.07, 6.45) is 1.45. The fourth-order valence-corrected chi connectivity index (χ4v) is 3.14. The average Bonchev–Trinajstić information content (AvgIpc) is 2.67. The lowest BCUT2D eigenvalue weighted by Crippen LogP contribution is -2.43. The molecule has 3 aromatic rings. The minimum atomic E-state index is -0.516. The maximum atomic E-state index is 12.7. The van der Waals surface area contributed by atoms with Crippen molar-refractivity contribution in [3.05, 3.63) is 97.7 Å². The van der Waals surface area contributed by atoms with Crippen LogP contribution < -0.4 is 16.1 Å². The fraction of sp³-hybridized carbons (Fsp3) is 0.150. The van der Waals surface area contributed by atoms with Crippen LogP contribution in [0.15, 0.2) is 80.9 Å². The molecule has 0 fully saturated rings. The Morgan fingerprint density at radius 1 is 1.04 bits per heavy atom. The maximum Gasteiger partial charge on any atom is 0.331 e. The lowest BCUT2D eigenvalue weighted by atomic mass is 10.2. The van der Waals surface area contributed by atoms with E-state index in [1.165, 1.54) is 21.7 Å². The van der Waals surface area contributed by atoms with Crippen molar-refractivity contribution in [2.45, 2.75) is 13.1 Å². The van der Waals surface area contributed by atoms with Crippen LogP contribution in [0.25, 0.3) is 0 Å². The molecule has 1 heterocycles. The average molecular weight is 428 g/mol. The largest absolute Gasteiger partial charge is 0.331 e. The number of anilines is 1. The molecular weight excluding hydrogens is 410 g/mol. The van der Waals surface area contributed by atoms with Crippen molar-refractivity contribution in [1.82, 2.24) is 9.13 Å². The summed E-state index contributed by atoms with van der Waals surface area (Å²) in [5, 5.41) is 0. The van der Waals surface area contributed by atoms with Crippen molar-refractivity contribution >= 4 is 27.5 Å². The number of nitrogens with zero attached hydrogens (tertiary/aromatic N) is 3. The molecule has 0 saturated heterocycles. The SMILES string of the molecule is CN(C(=O)Cn1c(=O)ccn(Cc2cccc(Br)c2)c1=O)c1ccccc1. The van der Waals surface area contributed by atoms with Crippen LogP contribution in [0, 0.1) is 0 Å². The van der Waals surface area contributed by atoms with Gasteiger partial charge in [-0.3, -0.25) is 18.7 Å². The van der Waals surface area contributed by atoms with E-state index >= 15 is 0 Å². The van der Waals surface area contributed by atoms with Gasteiger partial charge in [-0.25, -0.2) is 4.79 Å². The zero-order valence-corrected chi connectivity index (χ0v) is 16.3. The second kappa shape index (κ2) is 8.18. The number of hydrogen-bond donors (Lipinski definition) is 0. The van der Waals surface area contributed by atoms with Gasteiger partial charge in [0.05, 0.1) is 6.54 Å². The molecule has 6 nitrogen and oxygen atoms in total. The van der Waals surface area contributed by atoms with Crippen LogP contribution in [-0.2, 0) is 17.9 Å². The zero-order chi connectivity index (χ0) is 19.4. The van der Waals surface area contributed by atoms with Gasteiger partial charge in [0.25, 0.3) is 5.56 Å². The predicted molar refractivity (Wildman–Crippen MR) is 108 cm³/mol. The first-order valence-corrected chi connectivity index (χ1v) is 9.11. The number of hydrogen-bond acceptors (Lipinski definition) is 3. The van der Waals surface area contributed by atoms with Gasteiger partial charge >= 0.3 is 5.69 Å². The van der Waals surface area contributed by atoms with Gasteiger partial charge in [-0.05, 0) is 29.8 Å². The number of para-hydroxylation sites is 1. The number of carbonyl (C=O) groups excluding carboxylic acids is 1. The van der Waals surface area contributed by atoms with Crippen molar-refractivity contribution in [2.75, 3.05) is 11.9 Å². The molecule has 0 N–H and O–H groups in total.